The summed E-state index contributed by atoms with van der Waals surface area (Å²) in [7, 11) is 1.59. The van der Waals surface area contributed by atoms with Crippen molar-refractivity contribution in [2.45, 2.75) is 26.7 Å². The second-order valence-corrected chi connectivity index (χ2v) is 6.87. The number of rotatable bonds is 9. The van der Waals surface area contributed by atoms with Gasteiger partial charge in [0.05, 0.1) is 11.5 Å². The van der Waals surface area contributed by atoms with Gasteiger partial charge in [-0.1, -0.05) is 30.3 Å². The molecule has 2 aromatic rings. The highest BCUT2D eigenvalue weighted by Gasteiger charge is 2.15. The van der Waals surface area contributed by atoms with E-state index >= 15 is 0 Å². The standard InChI is InChI=1S/C21H26N4O4/c1-15-8-6-9-16(2)21(15)23-19(26)14-24(3)20(27)12-7-13-22-17-10-4-5-11-18(17)25(28)29/h4-6,8-11,22H,7,12-14H2,1-3H3,(H,23,26). The van der Waals surface area contributed by atoms with E-state index in [4.69, 9.17) is 0 Å². The van der Waals surface area contributed by atoms with Crippen LogP contribution in [0.25, 0.3) is 0 Å². The molecule has 8 nitrogen and oxygen atoms in total. The summed E-state index contributed by atoms with van der Waals surface area (Å²) in [5.74, 6) is -0.415. The Kier molecular flexibility index (Phi) is 7.70. The van der Waals surface area contributed by atoms with Crippen molar-refractivity contribution in [3.63, 3.8) is 0 Å². The van der Waals surface area contributed by atoms with Crippen LogP contribution >= 0.6 is 0 Å². The van der Waals surface area contributed by atoms with Crippen LogP contribution in [0.15, 0.2) is 42.5 Å². The Morgan fingerprint density at radius 2 is 1.72 bits per heavy atom. The summed E-state index contributed by atoms with van der Waals surface area (Å²) in [6, 6.07) is 12.1. The van der Waals surface area contributed by atoms with E-state index < -0.39 is 4.92 Å². The highest BCUT2D eigenvalue weighted by molar-refractivity contribution is 5.95. The molecule has 2 rings (SSSR count). The van der Waals surface area contributed by atoms with Gasteiger partial charge in [0.2, 0.25) is 11.8 Å². The summed E-state index contributed by atoms with van der Waals surface area (Å²) in [6.45, 7) is 4.21. The zero-order chi connectivity index (χ0) is 21.4. The zero-order valence-electron chi connectivity index (χ0n) is 16.9. The number of nitro benzene ring substituents is 1. The molecule has 2 amide bonds. The van der Waals surface area contributed by atoms with Crippen molar-refractivity contribution >= 4 is 28.9 Å². The molecular formula is C21H26N4O4. The number of amides is 2. The summed E-state index contributed by atoms with van der Waals surface area (Å²) < 4.78 is 0. The number of para-hydroxylation sites is 3. The monoisotopic (exact) mass is 398 g/mol. The molecule has 154 valence electrons. The molecule has 0 spiro atoms. The molecule has 0 aliphatic heterocycles. The van der Waals surface area contributed by atoms with Crippen LogP contribution in [0.3, 0.4) is 0 Å². The first-order valence-corrected chi connectivity index (χ1v) is 9.37. The molecule has 0 aliphatic carbocycles. The van der Waals surface area contributed by atoms with E-state index in [2.05, 4.69) is 10.6 Å². The number of nitro groups is 1. The van der Waals surface area contributed by atoms with Gasteiger partial charge in [-0.2, -0.15) is 0 Å². The SMILES string of the molecule is Cc1cccc(C)c1NC(=O)CN(C)C(=O)CCCNc1ccccc1[N+](=O)[O-]. The molecule has 0 heterocycles. The van der Waals surface area contributed by atoms with Crippen LogP contribution < -0.4 is 10.6 Å². The number of carbonyl (C=O) groups excluding carboxylic acids is 2. The second-order valence-electron chi connectivity index (χ2n) is 6.87. The van der Waals surface area contributed by atoms with Crippen molar-refractivity contribution < 1.29 is 14.5 Å². The van der Waals surface area contributed by atoms with Crippen molar-refractivity contribution in [1.29, 1.82) is 0 Å². The Morgan fingerprint density at radius 1 is 1.07 bits per heavy atom. The normalized spacial score (nSPS) is 10.3. The van der Waals surface area contributed by atoms with Crippen molar-refractivity contribution in [3.8, 4) is 0 Å². The minimum atomic E-state index is -0.448. The lowest BCUT2D eigenvalue weighted by molar-refractivity contribution is -0.384. The fourth-order valence-corrected chi connectivity index (χ4v) is 2.93. The van der Waals surface area contributed by atoms with Crippen molar-refractivity contribution in [2.75, 3.05) is 30.8 Å². The topological polar surface area (TPSA) is 105 Å². The molecule has 0 fully saturated rings. The van der Waals surface area contributed by atoms with Crippen LogP contribution in [0.5, 0.6) is 0 Å². The van der Waals surface area contributed by atoms with Gasteiger partial charge in [-0.25, -0.2) is 0 Å². The second kappa shape index (κ2) is 10.2. The summed E-state index contributed by atoms with van der Waals surface area (Å²) in [6.07, 6.45) is 0.731. The Morgan fingerprint density at radius 3 is 2.38 bits per heavy atom. The number of aryl methyl sites for hydroxylation is 2. The van der Waals surface area contributed by atoms with Crippen LogP contribution in [0.1, 0.15) is 24.0 Å². The number of nitrogens with zero attached hydrogens (tertiary/aromatic N) is 2. The molecule has 8 heteroatoms. The fourth-order valence-electron chi connectivity index (χ4n) is 2.93. The van der Waals surface area contributed by atoms with Crippen LogP contribution in [0.4, 0.5) is 17.1 Å². The summed E-state index contributed by atoms with van der Waals surface area (Å²) in [5.41, 5.74) is 3.12. The fraction of sp³-hybridized carbons (Fsp3) is 0.333. The average Bonchev–Trinajstić information content (AvgIpc) is 2.68. The zero-order valence-corrected chi connectivity index (χ0v) is 16.9. The van der Waals surface area contributed by atoms with Gasteiger partial charge < -0.3 is 15.5 Å². The number of hydrogen-bond acceptors (Lipinski definition) is 5. The van der Waals surface area contributed by atoms with Crippen molar-refractivity contribution in [3.05, 3.63) is 63.7 Å². The smallest absolute Gasteiger partial charge is 0.292 e. The van der Waals surface area contributed by atoms with Crippen molar-refractivity contribution in [2.24, 2.45) is 0 Å². The number of benzene rings is 2. The van der Waals surface area contributed by atoms with E-state index in [-0.39, 0.29) is 30.5 Å². The Bertz CT molecular complexity index is 878. The summed E-state index contributed by atoms with van der Waals surface area (Å²) in [4.78, 5) is 36.5. The summed E-state index contributed by atoms with van der Waals surface area (Å²) >= 11 is 0. The molecular weight excluding hydrogens is 372 g/mol. The predicted molar refractivity (Wildman–Crippen MR) is 113 cm³/mol. The van der Waals surface area contributed by atoms with Gasteiger partial charge in [-0.3, -0.25) is 19.7 Å². The van der Waals surface area contributed by atoms with Gasteiger partial charge in [0, 0.05) is 31.8 Å². The summed E-state index contributed by atoms with van der Waals surface area (Å²) in [5, 5.41) is 16.8. The Labute approximate surface area is 170 Å². The van der Waals surface area contributed by atoms with E-state index in [0.29, 0.717) is 18.7 Å². The third kappa shape index (κ3) is 6.31. The highest BCUT2D eigenvalue weighted by Crippen LogP contribution is 2.23. The molecule has 2 aromatic carbocycles. The van der Waals surface area contributed by atoms with E-state index in [0.717, 1.165) is 16.8 Å². The van der Waals surface area contributed by atoms with Gasteiger partial charge >= 0.3 is 0 Å². The largest absolute Gasteiger partial charge is 0.379 e. The molecule has 0 radical (unpaired) electrons. The first-order chi connectivity index (χ1) is 13.8. The number of nitrogens with one attached hydrogen (secondary N) is 2. The van der Waals surface area contributed by atoms with Crippen molar-refractivity contribution in [1.82, 2.24) is 4.90 Å². The number of anilines is 2. The van der Waals surface area contributed by atoms with E-state index in [1.807, 2.05) is 32.0 Å². The van der Waals surface area contributed by atoms with E-state index in [9.17, 15) is 19.7 Å². The molecule has 0 unspecified atom stereocenters. The molecule has 0 saturated carbocycles. The first-order valence-electron chi connectivity index (χ1n) is 9.37. The molecule has 0 saturated heterocycles. The third-order valence-electron chi connectivity index (χ3n) is 4.54. The lowest BCUT2D eigenvalue weighted by atomic mass is 10.1. The van der Waals surface area contributed by atoms with Crippen LogP contribution in [0, 0.1) is 24.0 Å². The molecule has 0 bridgehead atoms. The number of hydrogen-bond donors (Lipinski definition) is 2. The van der Waals surface area contributed by atoms with Gasteiger partial charge in [0.1, 0.15) is 5.69 Å². The van der Waals surface area contributed by atoms with Gasteiger partial charge in [0.15, 0.2) is 0 Å². The van der Waals surface area contributed by atoms with Crippen LogP contribution in [-0.4, -0.2) is 41.8 Å². The minimum Gasteiger partial charge on any atom is -0.379 e. The molecule has 0 aliphatic rings. The van der Waals surface area contributed by atoms with Gasteiger partial charge in [-0.05, 0) is 37.5 Å². The predicted octanol–water partition coefficient (Wildman–Crippen LogP) is 3.50. The van der Waals surface area contributed by atoms with E-state index in [1.54, 1.807) is 25.2 Å². The highest BCUT2D eigenvalue weighted by atomic mass is 16.6. The number of carbonyl (C=O) groups is 2. The van der Waals surface area contributed by atoms with Crippen LogP contribution in [0.2, 0.25) is 0 Å². The Balaban J connectivity index is 1.78. The average molecular weight is 398 g/mol. The maximum Gasteiger partial charge on any atom is 0.292 e. The van der Waals surface area contributed by atoms with Crippen LogP contribution in [-0.2, 0) is 9.59 Å². The quantitative estimate of drug-likeness (QED) is 0.382. The third-order valence-corrected chi connectivity index (χ3v) is 4.54. The lowest BCUT2D eigenvalue weighted by Gasteiger charge is -2.18. The molecule has 29 heavy (non-hydrogen) atoms. The first kappa shape index (κ1) is 21.9. The van der Waals surface area contributed by atoms with Gasteiger partial charge in [-0.15, -0.1) is 0 Å². The molecule has 2 N–H and O–H groups in total. The van der Waals surface area contributed by atoms with Gasteiger partial charge in [0.25, 0.3) is 5.69 Å². The maximum absolute atomic E-state index is 12.3. The molecule has 0 aromatic heterocycles. The minimum absolute atomic E-state index is 0.000820. The lowest BCUT2D eigenvalue weighted by Crippen LogP contribution is -2.35. The number of likely N-dealkylation sites (N-methyl/N-ethyl adjacent to an activating group) is 1. The Hall–Kier alpha value is -3.42. The molecule has 0 atom stereocenters. The maximum atomic E-state index is 12.3. The van der Waals surface area contributed by atoms with E-state index in [1.165, 1.54) is 11.0 Å².